The van der Waals surface area contributed by atoms with Gasteiger partial charge in [0.15, 0.2) is 0 Å². The molecular formula is C12H17NO6S2. The minimum absolute atomic E-state index is 0.0419. The van der Waals surface area contributed by atoms with E-state index in [9.17, 15) is 18.3 Å². The molecule has 1 N–H and O–H groups in total. The van der Waals surface area contributed by atoms with Gasteiger partial charge in [-0.1, -0.05) is 0 Å². The Kier molecular flexibility index (Phi) is 4.99. The van der Waals surface area contributed by atoms with Crippen molar-refractivity contribution in [3.63, 3.8) is 0 Å². The predicted octanol–water partition coefficient (Wildman–Crippen LogP) is 0.225. The Morgan fingerprint density at radius 1 is 1.62 bits per heavy atom. The first kappa shape index (κ1) is 16.4. The fourth-order valence-corrected chi connectivity index (χ4v) is 5.45. The number of hydrogen-bond donors (Lipinski definition) is 1. The van der Waals surface area contributed by atoms with E-state index in [-0.39, 0.29) is 36.1 Å². The number of rotatable bonds is 4. The van der Waals surface area contributed by atoms with Gasteiger partial charge in [0, 0.05) is 6.54 Å². The molecule has 1 aromatic rings. The van der Waals surface area contributed by atoms with Gasteiger partial charge in [-0.05, 0) is 17.9 Å². The van der Waals surface area contributed by atoms with Crippen LogP contribution in [0.25, 0.3) is 0 Å². The van der Waals surface area contributed by atoms with Crippen molar-refractivity contribution < 1.29 is 27.8 Å². The zero-order chi connectivity index (χ0) is 15.6. The van der Waals surface area contributed by atoms with Crippen molar-refractivity contribution in [3.05, 3.63) is 15.8 Å². The van der Waals surface area contributed by atoms with Crippen LogP contribution in [0.2, 0.25) is 0 Å². The third-order valence-electron chi connectivity index (χ3n) is 3.24. The maximum atomic E-state index is 12.8. The van der Waals surface area contributed by atoms with Crippen LogP contribution in [0.1, 0.15) is 15.2 Å². The van der Waals surface area contributed by atoms with Crippen LogP contribution in [0, 0.1) is 6.92 Å². The maximum absolute atomic E-state index is 12.8. The summed E-state index contributed by atoms with van der Waals surface area (Å²) in [6.45, 7) is 1.82. The topological polar surface area (TPSA) is 93.1 Å². The van der Waals surface area contributed by atoms with Gasteiger partial charge in [-0.2, -0.15) is 4.31 Å². The zero-order valence-corrected chi connectivity index (χ0v) is 13.4. The summed E-state index contributed by atoms with van der Waals surface area (Å²) in [7, 11) is -2.69. The van der Waals surface area contributed by atoms with Gasteiger partial charge in [0.1, 0.15) is 9.77 Å². The molecular weight excluding hydrogens is 318 g/mol. The van der Waals surface area contributed by atoms with Crippen molar-refractivity contribution in [2.45, 2.75) is 17.9 Å². The molecule has 0 aliphatic carbocycles. The van der Waals surface area contributed by atoms with Crippen molar-refractivity contribution in [1.82, 2.24) is 4.31 Å². The number of methoxy groups -OCH3 is 1. The Morgan fingerprint density at radius 3 is 2.95 bits per heavy atom. The molecule has 1 fully saturated rings. The Balaban J connectivity index is 2.48. The lowest BCUT2D eigenvalue weighted by Gasteiger charge is -2.33. The second-order valence-corrected chi connectivity index (χ2v) is 7.30. The van der Waals surface area contributed by atoms with Crippen LogP contribution in [0.15, 0.2) is 10.3 Å². The Labute approximate surface area is 127 Å². The Bertz CT molecular complexity index is 624. The van der Waals surface area contributed by atoms with Gasteiger partial charge in [-0.25, -0.2) is 13.2 Å². The van der Waals surface area contributed by atoms with E-state index in [0.717, 1.165) is 11.3 Å². The molecule has 1 atom stereocenters. The van der Waals surface area contributed by atoms with E-state index in [2.05, 4.69) is 4.74 Å². The number of thiophene rings is 1. The molecule has 2 heterocycles. The summed E-state index contributed by atoms with van der Waals surface area (Å²) in [6.07, 6.45) is 0. The van der Waals surface area contributed by atoms with E-state index in [1.54, 1.807) is 12.3 Å². The zero-order valence-electron chi connectivity index (χ0n) is 11.7. The minimum atomic E-state index is -3.89. The highest BCUT2D eigenvalue weighted by atomic mass is 32.2. The van der Waals surface area contributed by atoms with E-state index in [1.807, 2.05) is 0 Å². The van der Waals surface area contributed by atoms with E-state index in [1.165, 1.54) is 11.4 Å². The van der Waals surface area contributed by atoms with Gasteiger partial charge in [-0.15, -0.1) is 11.3 Å². The SMILES string of the molecule is COC(=O)c1scc(C)c1S(=O)(=O)N1CCOCC1CO. The maximum Gasteiger partial charge on any atom is 0.349 e. The van der Waals surface area contributed by atoms with E-state index in [4.69, 9.17) is 4.74 Å². The average molecular weight is 335 g/mol. The fraction of sp³-hybridized carbons (Fsp3) is 0.583. The van der Waals surface area contributed by atoms with Gasteiger partial charge in [-0.3, -0.25) is 0 Å². The van der Waals surface area contributed by atoms with Crippen LogP contribution in [-0.4, -0.2) is 63.3 Å². The van der Waals surface area contributed by atoms with Gasteiger partial charge in [0.25, 0.3) is 0 Å². The van der Waals surface area contributed by atoms with E-state index >= 15 is 0 Å². The molecule has 1 aliphatic rings. The van der Waals surface area contributed by atoms with Gasteiger partial charge in [0.2, 0.25) is 10.0 Å². The van der Waals surface area contributed by atoms with Crippen molar-refractivity contribution in [1.29, 1.82) is 0 Å². The summed E-state index contributed by atoms with van der Waals surface area (Å²) in [6, 6.07) is -0.645. The molecule has 1 aromatic heterocycles. The molecule has 7 nitrogen and oxygen atoms in total. The molecule has 118 valence electrons. The first-order valence-corrected chi connectivity index (χ1v) is 8.62. The molecule has 0 spiro atoms. The third-order valence-corrected chi connectivity index (χ3v) is 6.59. The molecule has 1 saturated heterocycles. The smallest absolute Gasteiger partial charge is 0.349 e. The number of aliphatic hydroxyl groups is 1. The van der Waals surface area contributed by atoms with Crippen LogP contribution < -0.4 is 0 Å². The number of sulfonamides is 1. The van der Waals surface area contributed by atoms with Crippen molar-refractivity contribution >= 4 is 27.3 Å². The molecule has 1 aliphatic heterocycles. The summed E-state index contributed by atoms with van der Waals surface area (Å²) in [5.41, 5.74) is 0.489. The predicted molar refractivity (Wildman–Crippen MR) is 76.0 cm³/mol. The highest BCUT2D eigenvalue weighted by Gasteiger charge is 2.38. The normalized spacial score (nSPS) is 20.4. The van der Waals surface area contributed by atoms with Crippen LogP contribution in [-0.2, 0) is 19.5 Å². The van der Waals surface area contributed by atoms with Crippen LogP contribution in [0.5, 0.6) is 0 Å². The number of hydrogen-bond acceptors (Lipinski definition) is 7. The highest BCUT2D eigenvalue weighted by molar-refractivity contribution is 7.89. The van der Waals surface area contributed by atoms with Crippen molar-refractivity contribution in [2.24, 2.45) is 0 Å². The molecule has 0 radical (unpaired) electrons. The largest absolute Gasteiger partial charge is 0.465 e. The minimum Gasteiger partial charge on any atom is -0.465 e. The van der Waals surface area contributed by atoms with Crippen LogP contribution in [0.3, 0.4) is 0 Å². The first-order valence-electron chi connectivity index (χ1n) is 6.30. The molecule has 0 saturated carbocycles. The molecule has 0 bridgehead atoms. The van der Waals surface area contributed by atoms with Gasteiger partial charge in [0.05, 0.1) is 33.0 Å². The summed E-state index contributed by atoms with van der Waals surface area (Å²) >= 11 is 1.03. The monoisotopic (exact) mass is 335 g/mol. The second-order valence-electron chi connectivity index (χ2n) is 4.60. The van der Waals surface area contributed by atoms with Crippen molar-refractivity contribution in [3.8, 4) is 0 Å². The summed E-state index contributed by atoms with van der Waals surface area (Å²) in [4.78, 5) is 11.8. The second kappa shape index (κ2) is 6.41. The quantitative estimate of drug-likeness (QED) is 0.792. The number of carbonyl (C=O) groups excluding carboxylic acids is 1. The molecule has 0 amide bonds. The van der Waals surface area contributed by atoms with Crippen LogP contribution in [0.4, 0.5) is 0 Å². The number of nitrogens with zero attached hydrogens (tertiary/aromatic N) is 1. The molecule has 1 unspecified atom stereocenters. The molecule has 21 heavy (non-hydrogen) atoms. The average Bonchev–Trinajstić information content (AvgIpc) is 2.88. The molecule has 0 aromatic carbocycles. The lowest BCUT2D eigenvalue weighted by molar-refractivity contribution is 0.0109. The standard InChI is InChI=1S/C12H17NO6S2/c1-8-7-20-10(12(15)18-2)11(8)21(16,17)13-3-4-19-6-9(13)5-14/h7,9,14H,3-6H2,1-2H3. The van der Waals surface area contributed by atoms with Gasteiger partial charge >= 0.3 is 5.97 Å². The highest BCUT2D eigenvalue weighted by Crippen LogP contribution is 2.31. The van der Waals surface area contributed by atoms with E-state index in [0.29, 0.717) is 5.56 Å². The lowest BCUT2D eigenvalue weighted by atomic mass is 10.3. The molecule has 9 heteroatoms. The Hall–Kier alpha value is -1.00. The van der Waals surface area contributed by atoms with Gasteiger partial charge < -0.3 is 14.6 Å². The number of aryl methyl sites for hydroxylation is 1. The summed E-state index contributed by atoms with van der Waals surface area (Å²) in [5, 5.41) is 10.9. The lowest BCUT2D eigenvalue weighted by Crippen LogP contribution is -2.50. The number of aliphatic hydroxyl groups excluding tert-OH is 1. The summed E-state index contributed by atoms with van der Waals surface area (Å²) < 4.78 is 36.7. The van der Waals surface area contributed by atoms with Crippen molar-refractivity contribution in [2.75, 3.05) is 33.5 Å². The van der Waals surface area contributed by atoms with Crippen LogP contribution >= 0.6 is 11.3 Å². The fourth-order valence-electron chi connectivity index (χ4n) is 2.20. The number of ether oxygens (including phenoxy) is 2. The number of esters is 1. The third kappa shape index (κ3) is 2.97. The Morgan fingerprint density at radius 2 is 2.33 bits per heavy atom. The first-order chi connectivity index (χ1) is 9.93. The molecule has 2 rings (SSSR count). The van der Waals surface area contributed by atoms with E-state index < -0.39 is 22.0 Å². The summed E-state index contributed by atoms with van der Waals surface area (Å²) in [5.74, 6) is -0.680. The number of carbonyl (C=O) groups is 1. The number of morpholine rings is 1.